The zero-order valence-electron chi connectivity index (χ0n) is 13.5. The Morgan fingerprint density at radius 3 is 2.76 bits per heavy atom. The van der Waals surface area contributed by atoms with E-state index in [9.17, 15) is 0 Å². The molecule has 1 aliphatic rings. The van der Waals surface area contributed by atoms with Gasteiger partial charge >= 0.3 is 0 Å². The van der Waals surface area contributed by atoms with Crippen LogP contribution in [0.1, 0.15) is 37.5 Å². The zero-order valence-corrected chi connectivity index (χ0v) is 13.5. The van der Waals surface area contributed by atoms with Crippen LogP contribution in [0.15, 0.2) is 41.4 Å². The monoisotopic (exact) mass is 282 g/mol. The number of hydrogen-bond donors (Lipinski definition) is 0. The molecule has 0 saturated carbocycles. The van der Waals surface area contributed by atoms with E-state index in [2.05, 4.69) is 61.5 Å². The van der Waals surface area contributed by atoms with E-state index >= 15 is 0 Å². The third kappa shape index (κ3) is 3.92. The highest BCUT2D eigenvalue weighted by atomic mass is 15.1. The van der Waals surface area contributed by atoms with Crippen molar-refractivity contribution < 1.29 is 0 Å². The molecule has 112 valence electrons. The van der Waals surface area contributed by atoms with Crippen LogP contribution < -0.4 is 0 Å². The van der Waals surface area contributed by atoms with Crippen molar-refractivity contribution in [1.82, 2.24) is 4.90 Å². The summed E-state index contributed by atoms with van der Waals surface area (Å²) in [5.41, 5.74) is 6.44. The fourth-order valence-corrected chi connectivity index (χ4v) is 2.86. The highest BCUT2D eigenvalue weighted by Gasteiger charge is 2.13. The van der Waals surface area contributed by atoms with Gasteiger partial charge in [-0.15, -0.1) is 0 Å². The third-order valence-electron chi connectivity index (χ3n) is 4.13. The van der Waals surface area contributed by atoms with Crippen molar-refractivity contribution >= 4 is 11.8 Å². The molecule has 1 aromatic rings. The standard InChI is InChI=1S/C19H26N2/c1-5-21(6-2)11-10-20-14-17-8-7-9-18-16(4)12-15(3)13-19(17)18/h7-9,12,14H,3,5-6,10-11,13H2,1-2,4H3. The molecule has 0 amide bonds. The minimum atomic E-state index is 0.862. The van der Waals surface area contributed by atoms with Crippen molar-refractivity contribution in [1.29, 1.82) is 0 Å². The molecule has 0 fully saturated rings. The highest BCUT2D eigenvalue weighted by molar-refractivity contribution is 5.86. The quantitative estimate of drug-likeness (QED) is 0.721. The average molecular weight is 282 g/mol. The van der Waals surface area contributed by atoms with Crippen molar-refractivity contribution in [2.45, 2.75) is 27.2 Å². The van der Waals surface area contributed by atoms with Crippen LogP contribution in [0.25, 0.3) is 5.57 Å². The Kier molecular flexibility index (Phi) is 5.51. The van der Waals surface area contributed by atoms with E-state index in [1.54, 1.807) is 0 Å². The van der Waals surface area contributed by atoms with Crippen molar-refractivity contribution in [3.8, 4) is 0 Å². The molecular weight excluding hydrogens is 256 g/mol. The maximum Gasteiger partial charge on any atom is 0.0517 e. The van der Waals surface area contributed by atoms with Gasteiger partial charge in [0.05, 0.1) is 6.54 Å². The van der Waals surface area contributed by atoms with E-state index < -0.39 is 0 Å². The first kappa shape index (κ1) is 15.7. The van der Waals surface area contributed by atoms with Crippen LogP contribution >= 0.6 is 0 Å². The van der Waals surface area contributed by atoms with Crippen LogP contribution in [0.5, 0.6) is 0 Å². The zero-order chi connectivity index (χ0) is 15.2. The van der Waals surface area contributed by atoms with Gasteiger partial charge in [-0.25, -0.2) is 0 Å². The van der Waals surface area contributed by atoms with Gasteiger partial charge in [0.25, 0.3) is 0 Å². The van der Waals surface area contributed by atoms with Crippen LogP contribution in [0.3, 0.4) is 0 Å². The molecule has 1 aromatic carbocycles. The summed E-state index contributed by atoms with van der Waals surface area (Å²) in [7, 11) is 0. The predicted octanol–water partition coefficient (Wildman–Crippen LogP) is 3.96. The van der Waals surface area contributed by atoms with Crippen LogP contribution in [0.4, 0.5) is 0 Å². The number of aliphatic imine (C=N–C) groups is 1. The number of fused-ring (bicyclic) bond motifs is 1. The summed E-state index contributed by atoms with van der Waals surface area (Å²) in [6, 6.07) is 6.47. The van der Waals surface area contributed by atoms with Gasteiger partial charge in [0, 0.05) is 12.8 Å². The second kappa shape index (κ2) is 7.37. The Hall–Kier alpha value is -1.67. The molecule has 0 unspecified atom stereocenters. The topological polar surface area (TPSA) is 15.6 Å². The lowest BCUT2D eigenvalue weighted by atomic mass is 9.86. The molecule has 0 aromatic heterocycles. The Balaban J connectivity index is 2.10. The van der Waals surface area contributed by atoms with Crippen LogP contribution in [-0.4, -0.2) is 37.3 Å². The van der Waals surface area contributed by atoms with Gasteiger partial charge in [-0.05, 0) is 48.7 Å². The maximum absolute atomic E-state index is 4.62. The second-order valence-corrected chi connectivity index (χ2v) is 5.60. The van der Waals surface area contributed by atoms with E-state index in [-0.39, 0.29) is 0 Å². The van der Waals surface area contributed by atoms with E-state index in [4.69, 9.17) is 0 Å². The normalized spacial score (nSPS) is 14.7. The molecule has 0 saturated heterocycles. The first-order chi connectivity index (χ1) is 10.2. The van der Waals surface area contributed by atoms with Crippen LogP contribution in [0, 0.1) is 0 Å². The van der Waals surface area contributed by atoms with Crippen molar-refractivity contribution in [3.63, 3.8) is 0 Å². The summed E-state index contributed by atoms with van der Waals surface area (Å²) in [6.45, 7) is 14.7. The van der Waals surface area contributed by atoms with Gasteiger partial charge in [0.1, 0.15) is 0 Å². The molecule has 21 heavy (non-hydrogen) atoms. The second-order valence-electron chi connectivity index (χ2n) is 5.60. The summed E-state index contributed by atoms with van der Waals surface area (Å²) in [4.78, 5) is 7.02. The molecule has 0 N–H and O–H groups in total. The minimum Gasteiger partial charge on any atom is -0.302 e. The van der Waals surface area contributed by atoms with Gasteiger partial charge in [0.2, 0.25) is 0 Å². The molecule has 0 atom stereocenters. The number of likely N-dealkylation sites (N-methyl/N-ethyl adjacent to an activating group) is 1. The van der Waals surface area contributed by atoms with E-state index in [1.165, 1.54) is 27.8 Å². The Morgan fingerprint density at radius 2 is 2.05 bits per heavy atom. The van der Waals surface area contributed by atoms with Gasteiger partial charge in [0.15, 0.2) is 0 Å². The molecule has 0 spiro atoms. The van der Waals surface area contributed by atoms with Crippen LogP contribution in [-0.2, 0) is 6.42 Å². The van der Waals surface area contributed by atoms with Crippen molar-refractivity contribution in [2.24, 2.45) is 4.99 Å². The Bertz CT molecular complexity index is 563. The van der Waals surface area contributed by atoms with E-state index in [1.807, 2.05) is 6.21 Å². The molecule has 0 radical (unpaired) electrons. The van der Waals surface area contributed by atoms with Gasteiger partial charge in [-0.3, -0.25) is 4.99 Å². The number of rotatable bonds is 6. The summed E-state index contributed by atoms with van der Waals surface area (Å²) < 4.78 is 0. The molecule has 2 heteroatoms. The van der Waals surface area contributed by atoms with E-state index in [0.717, 1.165) is 32.6 Å². The van der Waals surface area contributed by atoms with Crippen LogP contribution in [0.2, 0.25) is 0 Å². The summed E-state index contributed by atoms with van der Waals surface area (Å²) >= 11 is 0. The molecule has 0 bridgehead atoms. The molecule has 0 aliphatic heterocycles. The first-order valence-electron chi connectivity index (χ1n) is 7.86. The Morgan fingerprint density at radius 1 is 1.29 bits per heavy atom. The predicted molar refractivity (Wildman–Crippen MR) is 93.2 cm³/mol. The minimum absolute atomic E-state index is 0.862. The molecular formula is C19H26N2. The fraction of sp³-hybridized carbons (Fsp3) is 0.421. The Labute approximate surface area is 128 Å². The first-order valence-corrected chi connectivity index (χ1v) is 7.86. The van der Waals surface area contributed by atoms with Gasteiger partial charge in [-0.2, -0.15) is 0 Å². The van der Waals surface area contributed by atoms with E-state index in [0.29, 0.717) is 0 Å². The fourth-order valence-electron chi connectivity index (χ4n) is 2.86. The maximum atomic E-state index is 4.62. The van der Waals surface area contributed by atoms with Gasteiger partial charge < -0.3 is 4.90 Å². The highest BCUT2D eigenvalue weighted by Crippen LogP contribution is 2.29. The average Bonchev–Trinajstić information content (AvgIpc) is 2.48. The summed E-state index contributed by atoms with van der Waals surface area (Å²) in [5, 5.41) is 0. The summed E-state index contributed by atoms with van der Waals surface area (Å²) in [5.74, 6) is 0. The molecule has 2 nitrogen and oxygen atoms in total. The molecule has 2 rings (SSSR count). The number of nitrogens with zero attached hydrogens (tertiary/aromatic N) is 2. The smallest absolute Gasteiger partial charge is 0.0517 e. The number of allylic oxidation sites excluding steroid dienone is 3. The van der Waals surface area contributed by atoms with Crippen molar-refractivity contribution in [2.75, 3.05) is 26.2 Å². The number of benzene rings is 1. The van der Waals surface area contributed by atoms with Gasteiger partial charge in [-0.1, -0.05) is 50.3 Å². The number of hydrogen-bond acceptors (Lipinski definition) is 2. The lowest BCUT2D eigenvalue weighted by molar-refractivity contribution is 0.313. The molecule has 1 aliphatic carbocycles. The summed E-state index contributed by atoms with van der Waals surface area (Å²) in [6.07, 6.45) is 5.16. The third-order valence-corrected chi connectivity index (χ3v) is 4.13. The van der Waals surface area contributed by atoms with Crippen molar-refractivity contribution in [3.05, 3.63) is 53.1 Å². The largest absolute Gasteiger partial charge is 0.302 e. The lowest BCUT2D eigenvalue weighted by Crippen LogP contribution is -2.25. The lowest BCUT2D eigenvalue weighted by Gasteiger charge is -2.19. The SMILES string of the molecule is C=C1C=C(C)c2cccc(C=NCCN(CC)CC)c2C1. The molecule has 0 heterocycles.